The van der Waals surface area contributed by atoms with Crippen molar-refractivity contribution in [2.75, 3.05) is 0 Å². The van der Waals surface area contributed by atoms with Gasteiger partial charge in [-0.3, -0.25) is 0 Å². The smallest absolute Gasteiger partial charge is 0.460 e. The minimum Gasteiger partial charge on any atom is -0.478 e. The summed E-state index contributed by atoms with van der Waals surface area (Å²) >= 11 is 0. The molecule has 0 aliphatic carbocycles. The highest BCUT2D eigenvalue weighted by atomic mass is 19.4. The van der Waals surface area contributed by atoms with E-state index in [2.05, 4.69) is 0 Å². The Morgan fingerprint density at radius 1 is 0.952 bits per heavy atom. The molecule has 0 aliphatic rings. The van der Waals surface area contributed by atoms with Crippen LogP contribution in [0.2, 0.25) is 0 Å². The highest BCUT2D eigenvalue weighted by Gasteiger charge is 2.82. The molecule has 1 atom stereocenters. The van der Waals surface area contributed by atoms with Crippen molar-refractivity contribution in [3.8, 4) is 0 Å². The third kappa shape index (κ3) is 3.26. The van der Waals surface area contributed by atoms with E-state index < -0.39 is 41.4 Å². The number of carboxylic acids is 1. The third-order valence-corrected chi connectivity index (χ3v) is 2.58. The van der Waals surface area contributed by atoms with E-state index in [9.17, 15) is 44.3 Å². The van der Waals surface area contributed by atoms with Gasteiger partial charge in [-0.1, -0.05) is 13.0 Å². The van der Waals surface area contributed by atoms with Crippen molar-refractivity contribution in [3.05, 3.63) is 11.6 Å². The van der Waals surface area contributed by atoms with Crippen molar-refractivity contribution in [2.24, 2.45) is 5.92 Å². The molecule has 2 nitrogen and oxygen atoms in total. The molecule has 0 spiro atoms. The normalized spacial score (nSPS) is 16.8. The molecule has 11 heteroatoms. The molecular weight excluding hydrogens is 323 g/mol. The van der Waals surface area contributed by atoms with Gasteiger partial charge in [0.05, 0.1) is 0 Å². The molecule has 0 saturated carbocycles. The zero-order chi connectivity index (χ0) is 17.4. The van der Waals surface area contributed by atoms with Gasteiger partial charge in [-0.05, 0) is 6.92 Å². The van der Waals surface area contributed by atoms with Crippen molar-refractivity contribution in [2.45, 2.75) is 37.8 Å². The van der Waals surface area contributed by atoms with E-state index in [-0.39, 0.29) is 13.0 Å². The van der Waals surface area contributed by atoms with Gasteiger partial charge >= 0.3 is 29.9 Å². The molecule has 0 radical (unpaired) electrons. The van der Waals surface area contributed by atoms with Crippen molar-refractivity contribution < 1.29 is 49.4 Å². The van der Waals surface area contributed by atoms with E-state index in [0.29, 0.717) is 6.92 Å². The molecule has 1 unspecified atom stereocenters. The van der Waals surface area contributed by atoms with Crippen LogP contribution in [0.4, 0.5) is 39.5 Å². The molecule has 0 saturated heterocycles. The molecule has 0 bridgehead atoms. The number of allylic oxidation sites excluding steroid dienone is 1. The first-order valence-corrected chi connectivity index (χ1v) is 5.12. The number of hydrogen-bond donors (Lipinski definition) is 1. The fraction of sp³-hybridized carbons (Fsp3) is 0.700. The van der Waals surface area contributed by atoms with Gasteiger partial charge in [0.25, 0.3) is 0 Å². The lowest BCUT2D eigenvalue weighted by Gasteiger charge is -2.35. The molecule has 0 amide bonds. The SMILES string of the molecule is CC(=CC(C)C(F)(F)C(F)(F)C(F)(F)C(F)(F)F)C(=O)O. The molecule has 0 aromatic rings. The van der Waals surface area contributed by atoms with Crippen LogP contribution in [0, 0.1) is 5.92 Å². The Hall–Kier alpha value is -1.42. The second kappa shape index (κ2) is 5.41. The van der Waals surface area contributed by atoms with Crippen LogP contribution in [-0.4, -0.2) is 35.0 Å². The second-order valence-corrected chi connectivity index (χ2v) is 4.21. The maximum absolute atomic E-state index is 13.3. The monoisotopic (exact) mass is 332 g/mol. The summed E-state index contributed by atoms with van der Waals surface area (Å²) < 4.78 is 113. The van der Waals surface area contributed by atoms with Crippen LogP contribution in [-0.2, 0) is 4.79 Å². The van der Waals surface area contributed by atoms with Gasteiger partial charge in [0, 0.05) is 11.5 Å². The zero-order valence-corrected chi connectivity index (χ0v) is 10.4. The van der Waals surface area contributed by atoms with Crippen LogP contribution in [0.15, 0.2) is 11.6 Å². The summed E-state index contributed by atoms with van der Waals surface area (Å²) in [6.07, 6.45) is -6.92. The topological polar surface area (TPSA) is 37.3 Å². The molecule has 0 aromatic heterocycles. The van der Waals surface area contributed by atoms with Crippen molar-refractivity contribution >= 4 is 5.97 Å². The summed E-state index contributed by atoms with van der Waals surface area (Å²) in [5.74, 6) is -24.3. The average molecular weight is 332 g/mol. The fourth-order valence-electron chi connectivity index (χ4n) is 1.22. The molecule has 124 valence electrons. The molecule has 0 aromatic carbocycles. The molecule has 0 fully saturated rings. The van der Waals surface area contributed by atoms with Crippen molar-refractivity contribution in [1.82, 2.24) is 0 Å². The Labute approximate surface area is 112 Å². The molecule has 21 heavy (non-hydrogen) atoms. The molecular formula is C10H9F9O2. The Morgan fingerprint density at radius 3 is 1.62 bits per heavy atom. The molecule has 0 rings (SSSR count). The minimum absolute atomic E-state index is 0.0251. The highest BCUT2D eigenvalue weighted by Crippen LogP contribution is 2.55. The second-order valence-electron chi connectivity index (χ2n) is 4.21. The van der Waals surface area contributed by atoms with Gasteiger partial charge in [-0.2, -0.15) is 39.5 Å². The lowest BCUT2D eigenvalue weighted by Crippen LogP contribution is -2.62. The van der Waals surface area contributed by atoms with Gasteiger partial charge in [-0.15, -0.1) is 0 Å². The number of carboxylic acid groups (broad SMARTS) is 1. The highest BCUT2D eigenvalue weighted by molar-refractivity contribution is 5.85. The van der Waals surface area contributed by atoms with Crippen LogP contribution in [0.3, 0.4) is 0 Å². The van der Waals surface area contributed by atoms with Crippen molar-refractivity contribution in [1.29, 1.82) is 0 Å². The Bertz CT molecular complexity index is 436. The molecule has 0 aliphatic heterocycles. The quantitative estimate of drug-likeness (QED) is 0.607. The zero-order valence-electron chi connectivity index (χ0n) is 10.4. The lowest BCUT2D eigenvalue weighted by atomic mass is 9.91. The van der Waals surface area contributed by atoms with E-state index in [1.165, 1.54) is 0 Å². The van der Waals surface area contributed by atoms with Crippen LogP contribution < -0.4 is 0 Å². The fourth-order valence-corrected chi connectivity index (χ4v) is 1.22. The predicted molar refractivity (Wildman–Crippen MR) is 51.5 cm³/mol. The Morgan fingerprint density at radius 2 is 1.33 bits per heavy atom. The van der Waals surface area contributed by atoms with E-state index in [0.717, 1.165) is 0 Å². The van der Waals surface area contributed by atoms with Gasteiger partial charge in [0.15, 0.2) is 0 Å². The number of alkyl halides is 9. The number of carbonyl (C=O) groups is 1. The number of rotatable bonds is 5. The third-order valence-electron chi connectivity index (χ3n) is 2.58. The first-order chi connectivity index (χ1) is 9.00. The average Bonchev–Trinajstić information content (AvgIpc) is 2.26. The van der Waals surface area contributed by atoms with Crippen molar-refractivity contribution in [3.63, 3.8) is 0 Å². The summed E-state index contributed by atoms with van der Waals surface area (Å²) in [4.78, 5) is 10.3. The summed E-state index contributed by atoms with van der Waals surface area (Å²) in [7, 11) is 0. The van der Waals surface area contributed by atoms with Crippen LogP contribution >= 0.6 is 0 Å². The summed E-state index contributed by atoms with van der Waals surface area (Å²) in [5, 5.41) is 8.36. The summed E-state index contributed by atoms with van der Waals surface area (Å²) in [5.41, 5.74) is -0.909. The van der Waals surface area contributed by atoms with Gasteiger partial charge in [0.2, 0.25) is 0 Å². The van der Waals surface area contributed by atoms with Crippen LogP contribution in [0.25, 0.3) is 0 Å². The summed E-state index contributed by atoms with van der Waals surface area (Å²) in [6.45, 7) is 0.891. The summed E-state index contributed by atoms with van der Waals surface area (Å²) in [6, 6.07) is 0. The van der Waals surface area contributed by atoms with Gasteiger partial charge in [0.1, 0.15) is 0 Å². The Balaban J connectivity index is 5.79. The van der Waals surface area contributed by atoms with Gasteiger partial charge < -0.3 is 5.11 Å². The number of hydrogen-bond acceptors (Lipinski definition) is 1. The van der Waals surface area contributed by atoms with Gasteiger partial charge in [-0.25, -0.2) is 4.79 Å². The van der Waals surface area contributed by atoms with E-state index >= 15 is 0 Å². The van der Waals surface area contributed by atoms with E-state index in [1.807, 2.05) is 0 Å². The first-order valence-electron chi connectivity index (χ1n) is 5.12. The largest absolute Gasteiger partial charge is 0.478 e. The van der Waals surface area contributed by atoms with E-state index in [1.54, 1.807) is 0 Å². The lowest BCUT2D eigenvalue weighted by molar-refractivity contribution is -0.400. The standard InChI is InChI=1S/C10H9F9O2/c1-4(6(20)21)3-5(2)7(11,12)8(13,14)9(15,16)10(17,18)19/h3,5H,1-2H3,(H,20,21). The van der Waals surface area contributed by atoms with Crippen LogP contribution in [0.1, 0.15) is 13.8 Å². The predicted octanol–water partition coefficient (Wildman–Crippen LogP) is 4.12. The van der Waals surface area contributed by atoms with E-state index in [4.69, 9.17) is 5.11 Å². The molecule has 1 N–H and O–H groups in total. The number of aliphatic carboxylic acids is 1. The minimum atomic E-state index is -6.98. The van der Waals surface area contributed by atoms with Crippen LogP contribution in [0.5, 0.6) is 0 Å². The molecule has 0 heterocycles. The maximum Gasteiger partial charge on any atom is 0.460 e. The maximum atomic E-state index is 13.3. The number of halogens is 9. The first kappa shape index (κ1) is 19.6. The Kier molecular flexibility index (Phi) is 5.04.